The van der Waals surface area contributed by atoms with Gasteiger partial charge in [0.05, 0.1) is 5.56 Å². The van der Waals surface area contributed by atoms with Crippen LogP contribution in [0.4, 0.5) is 8.78 Å². The maximum absolute atomic E-state index is 13.6. The molecule has 0 unspecified atom stereocenters. The highest BCUT2D eigenvalue weighted by Crippen LogP contribution is 2.18. The van der Waals surface area contributed by atoms with E-state index in [-0.39, 0.29) is 5.56 Å². The van der Waals surface area contributed by atoms with Gasteiger partial charge in [0.25, 0.3) is 0 Å². The van der Waals surface area contributed by atoms with Crippen molar-refractivity contribution in [1.29, 1.82) is 0 Å². The first-order chi connectivity index (χ1) is 9.70. The number of rotatable bonds is 10. The Morgan fingerprint density at radius 1 is 0.900 bits per heavy atom. The summed E-state index contributed by atoms with van der Waals surface area (Å²) in [6, 6.07) is 2.87. The van der Waals surface area contributed by atoms with Gasteiger partial charge in [-0.25, -0.2) is 8.78 Å². The molecule has 1 aromatic carbocycles. The number of hydrogen-bond donors (Lipinski definition) is 0. The van der Waals surface area contributed by atoms with E-state index in [1.807, 2.05) is 0 Å². The average Bonchev–Trinajstić information content (AvgIpc) is 2.46. The smallest absolute Gasteiger partial charge is 0.169 e. The molecule has 3 heteroatoms. The number of aldehydes is 1. The van der Waals surface area contributed by atoms with Crippen LogP contribution in [-0.4, -0.2) is 6.29 Å². The summed E-state index contributed by atoms with van der Waals surface area (Å²) < 4.78 is 27.0. The van der Waals surface area contributed by atoms with E-state index in [0.29, 0.717) is 18.3 Å². The summed E-state index contributed by atoms with van der Waals surface area (Å²) in [6.07, 6.45) is 10.3. The molecule has 0 aromatic heterocycles. The number of hydrogen-bond acceptors (Lipinski definition) is 1. The fourth-order valence-corrected chi connectivity index (χ4v) is 2.34. The van der Waals surface area contributed by atoms with E-state index in [4.69, 9.17) is 0 Å². The van der Waals surface area contributed by atoms with Gasteiger partial charge < -0.3 is 0 Å². The number of unbranched alkanes of at least 4 members (excludes halogenated alkanes) is 7. The van der Waals surface area contributed by atoms with E-state index < -0.39 is 11.6 Å². The number of carbonyl (C=O) groups excluding carboxylic acids is 1. The molecule has 0 heterocycles. The topological polar surface area (TPSA) is 17.1 Å². The lowest BCUT2D eigenvalue weighted by Gasteiger charge is -2.06. The molecule has 0 fully saturated rings. The highest BCUT2D eigenvalue weighted by atomic mass is 19.2. The quantitative estimate of drug-likeness (QED) is 0.411. The third-order valence-electron chi connectivity index (χ3n) is 3.62. The number of aryl methyl sites for hydroxylation is 1. The van der Waals surface area contributed by atoms with Crippen LogP contribution in [0.15, 0.2) is 12.1 Å². The molecule has 0 spiro atoms. The van der Waals surface area contributed by atoms with Crippen molar-refractivity contribution in [2.45, 2.75) is 64.7 Å². The molecule has 0 aliphatic heterocycles. The minimum atomic E-state index is -1.02. The van der Waals surface area contributed by atoms with Crippen LogP contribution in [0.3, 0.4) is 0 Å². The van der Waals surface area contributed by atoms with Crippen molar-refractivity contribution >= 4 is 6.29 Å². The second-order valence-electron chi connectivity index (χ2n) is 5.28. The molecule has 1 rings (SSSR count). The monoisotopic (exact) mass is 282 g/mol. The van der Waals surface area contributed by atoms with Crippen molar-refractivity contribution in [3.63, 3.8) is 0 Å². The molecule has 1 aromatic rings. The zero-order valence-corrected chi connectivity index (χ0v) is 12.3. The molecule has 112 valence electrons. The molecule has 0 saturated heterocycles. The van der Waals surface area contributed by atoms with Crippen LogP contribution in [0, 0.1) is 11.6 Å². The van der Waals surface area contributed by atoms with Crippen molar-refractivity contribution in [2.75, 3.05) is 0 Å². The van der Waals surface area contributed by atoms with Gasteiger partial charge in [0.1, 0.15) is 0 Å². The van der Waals surface area contributed by atoms with Gasteiger partial charge in [-0.3, -0.25) is 4.79 Å². The van der Waals surface area contributed by atoms with Gasteiger partial charge in [0.15, 0.2) is 17.9 Å². The van der Waals surface area contributed by atoms with Crippen molar-refractivity contribution in [2.24, 2.45) is 0 Å². The summed E-state index contributed by atoms with van der Waals surface area (Å²) in [4.78, 5) is 10.5. The highest BCUT2D eigenvalue weighted by molar-refractivity contribution is 5.75. The fraction of sp³-hybridized carbons (Fsp3) is 0.588. The highest BCUT2D eigenvalue weighted by Gasteiger charge is 2.12. The van der Waals surface area contributed by atoms with Gasteiger partial charge in [-0.2, -0.15) is 0 Å². The molecular formula is C17H24F2O. The first-order valence-electron chi connectivity index (χ1n) is 7.62. The summed E-state index contributed by atoms with van der Waals surface area (Å²) in [5.41, 5.74) is 0.168. The number of carbonyl (C=O) groups is 1. The predicted molar refractivity (Wildman–Crippen MR) is 78.1 cm³/mol. The van der Waals surface area contributed by atoms with Crippen LogP contribution in [0.5, 0.6) is 0 Å². The van der Waals surface area contributed by atoms with E-state index in [2.05, 4.69) is 6.92 Å². The van der Waals surface area contributed by atoms with E-state index in [1.165, 1.54) is 44.2 Å². The maximum atomic E-state index is 13.6. The zero-order valence-electron chi connectivity index (χ0n) is 12.3. The van der Waals surface area contributed by atoms with Gasteiger partial charge in [-0.1, -0.05) is 57.9 Å². The van der Waals surface area contributed by atoms with E-state index in [0.717, 1.165) is 19.3 Å². The van der Waals surface area contributed by atoms with Gasteiger partial charge in [0, 0.05) is 0 Å². The maximum Gasteiger partial charge on any atom is 0.169 e. The molecular weight excluding hydrogens is 258 g/mol. The summed E-state index contributed by atoms with van der Waals surface area (Å²) in [6.45, 7) is 2.20. The van der Waals surface area contributed by atoms with E-state index in [1.54, 1.807) is 0 Å². The molecule has 1 nitrogen and oxygen atoms in total. The molecule has 0 saturated carbocycles. The average molecular weight is 282 g/mol. The molecule has 0 bridgehead atoms. The van der Waals surface area contributed by atoms with Crippen LogP contribution in [0.25, 0.3) is 0 Å². The molecule has 0 amide bonds. The summed E-state index contributed by atoms with van der Waals surface area (Å²) in [5.74, 6) is -1.88. The molecule has 0 radical (unpaired) electrons. The standard InChI is InChI=1S/C17H24F2O/c1-2-3-4-5-6-7-8-9-10-14-11-12-15(13-20)17(19)16(14)18/h11-13H,2-10H2,1H3. The Morgan fingerprint density at radius 2 is 1.50 bits per heavy atom. The van der Waals surface area contributed by atoms with Crippen LogP contribution < -0.4 is 0 Å². The minimum Gasteiger partial charge on any atom is -0.298 e. The zero-order chi connectivity index (χ0) is 14.8. The second-order valence-corrected chi connectivity index (χ2v) is 5.28. The van der Waals surface area contributed by atoms with Crippen LogP contribution in [0.1, 0.15) is 74.2 Å². The first kappa shape index (κ1) is 16.8. The normalized spacial score (nSPS) is 10.8. The first-order valence-corrected chi connectivity index (χ1v) is 7.62. The van der Waals surface area contributed by atoms with Crippen molar-refractivity contribution < 1.29 is 13.6 Å². The SMILES string of the molecule is CCCCCCCCCCc1ccc(C=O)c(F)c1F. The summed E-state index contributed by atoms with van der Waals surface area (Å²) in [5, 5.41) is 0. The number of benzene rings is 1. The third kappa shape index (κ3) is 5.40. The van der Waals surface area contributed by atoms with Crippen LogP contribution in [0.2, 0.25) is 0 Å². The van der Waals surface area contributed by atoms with Gasteiger partial charge >= 0.3 is 0 Å². The van der Waals surface area contributed by atoms with Gasteiger partial charge in [0.2, 0.25) is 0 Å². The second kappa shape index (κ2) is 9.62. The lowest BCUT2D eigenvalue weighted by molar-refractivity contribution is 0.111. The van der Waals surface area contributed by atoms with Crippen LogP contribution in [-0.2, 0) is 6.42 Å². The lowest BCUT2D eigenvalue weighted by atomic mass is 10.0. The molecule has 0 aliphatic carbocycles. The summed E-state index contributed by atoms with van der Waals surface area (Å²) >= 11 is 0. The van der Waals surface area contributed by atoms with E-state index in [9.17, 15) is 13.6 Å². The number of halogens is 2. The van der Waals surface area contributed by atoms with E-state index >= 15 is 0 Å². The molecule has 20 heavy (non-hydrogen) atoms. The Hall–Kier alpha value is -1.25. The lowest BCUT2D eigenvalue weighted by Crippen LogP contribution is -1.99. The Labute approximate surface area is 120 Å². The molecule has 0 atom stereocenters. The van der Waals surface area contributed by atoms with Crippen molar-refractivity contribution in [1.82, 2.24) is 0 Å². The van der Waals surface area contributed by atoms with Crippen molar-refractivity contribution in [3.8, 4) is 0 Å². The minimum absolute atomic E-state index is 0.206. The van der Waals surface area contributed by atoms with Crippen molar-refractivity contribution in [3.05, 3.63) is 34.9 Å². The van der Waals surface area contributed by atoms with Gasteiger partial charge in [-0.05, 0) is 24.5 Å². The fourth-order valence-electron chi connectivity index (χ4n) is 2.34. The largest absolute Gasteiger partial charge is 0.298 e. The third-order valence-corrected chi connectivity index (χ3v) is 3.62. The van der Waals surface area contributed by atoms with Crippen LogP contribution >= 0.6 is 0 Å². The Bertz CT molecular complexity index is 416. The molecule has 0 N–H and O–H groups in total. The summed E-state index contributed by atoms with van der Waals surface area (Å²) in [7, 11) is 0. The Morgan fingerprint density at radius 3 is 2.10 bits per heavy atom. The molecule has 0 aliphatic rings. The Kier molecular flexibility index (Phi) is 8.08. The Balaban J connectivity index is 2.25. The predicted octanol–water partition coefficient (Wildman–Crippen LogP) is 5.46. The van der Waals surface area contributed by atoms with Gasteiger partial charge in [-0.15, -0.1) is 0 Å².